The predicted octanol–water partition coefficient (Wildman–Crippen LogP) is 2.06. The molecule has 0 saturated carbocycles. The first-order valence-electron chi connectivity index (χ1n) is 8.27. The quantitative estimate of drug-likeness (QED) is 0.826. The smallest absolute Gasteiger partial charge is 0.252 e. The van der Waals surface area contributed by atoms with Crippen LogP contribution in [-0.2, 0) is 16.1 Å². The number of morpholine rings is 1. The van der Waals surface area contributed by atoms with Gasteiger partial charge in [-0.15, -0.1) is 0 Å². The summed E-state index contributed by atoms with van der Waals surface area (Å²) in [5.74, 6) is -0.00307. The van der Waals surface area contributed by atoms with Crippen LogP contribution in [0.2, 0.25) is 0 Å². The third kappa shape index (κ3) is 4.81. The Labute approximate surface area is 142 Å². The fourth-order valence-electron chi connectivity index (χ4n) is 2.72. The molecule has 0 aromatic heterocycles. The van der Waals surface area contributed by atoms with E-state index in [1.54, 1.807) is 0 Å². The molecule has 3 rings (SSSR count). The summed E-state index contributed by atoms with van der Waals surface area (Å²) in [6, 6.07) is 20.0. The number of hydrogen-bond donors (Lipinski definition) is 1. The number of amides is 1. The second-order valence-electron chi connectivity index (χ2n) is 5.83. The summed E-state index contributed by atoms with van der Waals surface area (Å²) in [7, 11) is 0. The van der Waals surface area contributed by atoms with Crippen molar-refractivity contribution < 1.29 is 9.53 Å². The van der Waals surface area contributed by atoms with E-state index in [-0.39, 0.29) is 5.91 Å². The Morgan fingerprint density at radius 1 is 1.00 bits per heavy atom. The molecule has 24 heavy (non-hydrogen) atoms. The molecule has 0 radical (unpaired) electrons. The lowest BCUT2D eigenvalue weighted by Gasteiger charge is -2.29. The molecule has 2 aromatic rings. The first-order chi connectivity index (χ1) is 11.8. The van der Waals surface area contributed by atoms with Crippen LogP contribution in [0.4, 0.5) is 5.69 Å². The average molecular weight is 325 g/mol. The number of para-hydroxylation sites is 1. The molecule has 0 aliphatic carbocycles. The number of anilines is 1. The van der Waals surface area contributed by atoms with Crippen molar-refractivity contribution in [2.24, 2.45) is 0 Å². The topological polar surface area (TPSA) is 44.8 Å². The monoisotopic (exact) mass is 325 g/mol. The Morgan fingerprint density at radius 2 is 1.62 bits per heavy atom. The summed E-state index contributed by atoms with van der Waals surface area (Å²) in [4.78, 5) is 14.6. The number of hydrazine groups is 1. The Morgan fingerprint density at radius 3 is 2.29 bits per heavy atom. The maximum absolute atomic E-state index is 12.4. The number of rotatable bonds is 6. The Balaban J connectivity index is 1.66. The largest absolute Gasteiger partial charge is 0.379 e. The lowest BCUT2D eigenvalue weighted by Crippen LogP contribution is -2.48. The minimum Gasteiger partial charge on any atom is -0.379 e. The van der Waals surface area contributed by atoms with Gasteiger partial charge in [-0.25, -0.2) is 0 Å². The van der Waals surface area contributed by atoms with Gasteiger partial charge in [-0.2, -0.15) is 0 Å². The molecule has 1 aliphatic heterocycles. The summed E-state index contributed by atoms with van der Waals surface area (Å²) in [5, 5.41) is 1.90. The van der Waals surface area contributed by atoms with E-state index in [0.717, 1.165) is 24.3 Å². The van der Waals surface area contributed by atoms with E-state index in [4.69, 9.17) is 4.74 Å². The summed E-state index contributed by atoms with van der Waals surface area (Å²) < 4.78 is 5.33. The van der Waals surface area contributed by atoms with Gasteiger partial charge in [0.15, 0.2) is 0 Å². The van der Waals surface area contributed by atoms with Crippen LogP contribution in [-0.4, -0.2) is 43.7 Å². The number of benzene rings is 2. The minimum absolute atomic E-state index is 0.00307. The molecule has 1 heterocycles. The van der Waals surface area contributed by atoms with Crippen LogP contribution < -0.4 is 10.4 Å². The molecule has 126 valence electrons. The minimum atomic E-state index is -0.00307. The van der Waals surface area contributed by atoms with Crippen molar-refractivity contribution in [3.8, 4) is 0 Å². The van der Waals surface area contributed by atoms with E-state index >= 15 is 0 Å². The Kier molecular flexibility index (Phi) is 5.82. The maximum atomic E-state index is 12.4. The predicted molar refractivity (Wildman–Crippen MR) is 94.5 cm³/mol. The Hall–Kier alpha value is -2.37. The molecule has 2 aromatic carbocycles. The standard InChI is InChI=1S/C19H23N3O2/c23-19(16-21-11-13-24-14-12-21)20-22(18-9-5-2-6-10-18)15-17-7-3-1-4-8-17/h1-10H,11-16H2,(H,20,23). The van der Waals surface area contributed by atoms with Gasteiger partial charge in [-0.3, -0.25) is 20.1 Å². The third-order valence-electron chi connectivity index (χ3n) is 3.98. The highest BCUT2D eigenvalue weighted by Crippen LogP contribution is 2.14. The van der Waals surface area contributed by atoms with Gasteiger partial charge < -0.3 is 4.74 Å². The molecule has 0 bridgehead atoms. The molecule has 1 aliphatic rings. The van der Waals surface area contributed by atoms with Crippen molar-refractivity contribution >= 4 is 11.6 Å². The zero-order chi connectivity index (χ0) is 16.6. The molecule has 1 saturated heterocycles. The normalized spacial score (nSPS) is 15.0. The van der Waals surface area contributed by atoms with Crippen LogP contribution in [0, 0.1) is 0 Å². The zero-order valence-electron chi connectivity index (χ0n) is 13.7. The van der Waals surface area contributed by atoms with Crippen LogP contribution in [0.3, 0.4) is 0 Å². The lowest BCUT2D eigenvalue weighted by molar-refractivity contribution is -0.123. The van der Waals surface area contributed by atoms with Gasteiger partial charge in [0, 0.05) is 13.1 Å². The molecule has 1 fully saturated rings. The van der Waals surface area contributed by atoms with E-state index in [1.165, 1.54) is 0 Å². The van der Waals surface area contributed by atoms with Crippen LogP contribution in [0.25, 0.3) is 0 Å². The summed E-state index contributed by atoms with van der Waals surface area (Å²) in [5.41, 5.74) is 5.16. The van der Waals surface area contributed by atoms with E-state index in [9.17, 15) is 4.79 Å². The second-order valence-corrected chi connectivity index (χ2v) is 5.83. The number of carbonyl (C=O) groups excluding carboxylic acids is 1. The van der Waals surface area contributed by atoms with Gasteiger partial charge in [-0.05, 0) is 17.7 Å². The SMILES string of the molecule is O=C(CN1CCOCC1)NN(Cc1ccccc1)c1ccccc1. The second kappa shape index (κ2) is 8.47. The number of carbonyl (C=O) groups is 1. The van der Waals surface area contributed by atoms with E-state index in [1.807, 2.05) is 53.5 Å². The Bertz CT molecular complexity index is 628. The molecule has 1 amide bonds. The highest BCUT2D eigenvalue weighted by atomic mass is 16.5. The van der Waals surface area contributed by atoms with Crippen LogP contribution in [0.5, 0.6) is 0 Å². The average Bonchev–Trinajstić information content (AvgIpc) is 2.63. The highest BCUT2D eigenvalue weighted by Gasteiger charge is 2.16. The number of hydrogen-bond acceptors (Lipinski definition) is 4. The maximum Gasteiger partial charge on any atom is 0.252 e. The van der Waals surface area contributed by atoms with Gasteiger partial charge in [-0.1, -0.05) is 48.5 Å². The van der Waals surface area contributed by atoms with Crippen molar-refractivity contribution in [3.05, 3.63) is 66.2 Å². The summed E-state index contributed by atoms with van der Waals surface area (Å²) in [6.07, 6.45) is 0. The molecule has 0 unspecified atom stereocenters. The van der Waals surface area contributed by atoms with E-state index in [0.29, 0.717) is 26.3 Å². The lowest BCUT2D eigenvalue weighted by atomic mass is 10.2. The molecule has 1 N–H and O–H groups in total. The van der Waals surface area contributed by atoms with Crippen molar-refractivity contribution in [1.29, 1.82) is 0 Å². The van der Waals surface area contributed by atoms with Gasteiger partial charge in [0.2, 0.25) is 0 Å². The highest BCUT2D eigenvalue weighted by molar-refractivity contribution is 5.79. The first-order valence-corrected chi connectivity index (χ1v) is 8.27. The fourth-order valence-corrected chi connectivity index (χ4v) is 2.72. The molecule has 0 atom stereocenters. The van der Waals surface area contributed by atoms with E-state index in [2.05, 4.69) is 22.5 Å². The molecular formula is C19H23N3O2. The van der Waals surface area contributed by atoms with Crippen molar-refractivity contribution in [2.75, 3.05) is 37.9 Å². The van der Waals surface area contributed by atoms with Crippen LogP contribution in [0.15, 0.2) is 60.7 Å². The van der Waals surface area contributed by atoms with Gasteiger partial charge in [0.1, 0.15) is 0 Å². The molecule has 5 heteroatoms. The summed E-state index contributed by atoms with van der Waals surface area (Å²) in [6.45, 7) is 4.01. The number of ether oxygens (including phenoxy) is 1. The van der Waals surface area contributed by atoms with Crippen molar-refractivity contribution in [1.82, 2.24) is 10.3 Å². The fraction of sp³-hybridized carbons (Fsp3) is 0.316. The third-order valence-corrected chi connectivity index (χ3v) is 3.98. The van der Waals surface area contributed by atoms with Crippen molar-refractivity contribution in [3.63, 3.8) is 0 Å². The van der Waals surface area contributed by atoms with Crippen LogP contribution in [0.1, 0.15) is 5.56 Å². The van der Waals surface area contributed by atoms with Gasteiger partial charge in [0.25, 0.3) is 5.91 Å². The molecule has 0 spiro atoms. The number of nitrogens with one attached hydrogen (secondary N) is 1. The molecular weight excluding hydrogens is 302 g/mol. The summed E-state index contributed by atoms with van der Waals surface area (Å²) >= 11 is 0. The van der Waals surface area contributed by atoms with E-state index < -0.39 is 0 Å². The van der Waals surface area contributed by atoms with Crippen molar-refractivity contribution in [2.45, 2.75) is 6.54 Å². The van der Waals surface area contributed by atoms with Crippen LogP contribution >= 0.6 is 0 Å². The van der Waals surface area contributed by atoms with Gasteiger partial charge in [0.05, 0.1) is 32.0 Å². The van der Waals surface area contributed by atoms with Gasteiger partial charge >= 0.3 is 0 Å². The molecule has 5 nitrogen and oxygen atoms in total. The first kappa shape index (κ1) is 16.5. The zero-order valence-corrected chi connectivity index (χ0v) is 13.7. The number of nitrogens with zero attached hydrogens (tertiary/aromatic N) is 2.